The van der Waals surface area contributed by atoms with Gasteiger partial charge in [0.2, 0.25) is 0 Å². The van der Waals surface area contributed by atoms with Crippen molar-refractivity contribution in [2.75, 3.05) is 13.1 Å². The van der Waals surface area contributed by atoms with Crippen molar-refractivity contribution in [3.8, 4) is 0 Å². The van der Waals surface area contributed by atoms with Crippen LogP contribution in [-0.2, 0) is 12.6 Å². The molecule has 0 aromatic rings. The second kappa shape index (κ2) is 11.7. The minimum Gasteiger partial charge on any atom is -0.412 e. The largest absolute Gasteiger partial charge is 1.00 e. The van der Waals surface area contributed by atoms with Crippen LogP contribution < -0.4 is 56.8 Å². The van der Waals surface area contributed by atoms with Crippen molar-refractivity contribution >= 4 is 29.2 Å². The predicted molar refractivity (Wildman–Crippen MR) is 49.6 cm³/mol. The van der Waals surface area contributed by atoms with Crippen LogP contribution in [0.25, 0.3) is 0 Å². The fourth-order valence-electron chi connectivity index (χ4n) is 0.511. The number of hydrogen-bond donors (Lipinski definition) is 1. The summed E-state index contributed by atoms with van der Waals surface area (Å²) in [5.74, 6) is 0. The summed E-state index contributed by atoms with van der Waals surface area (Å²) in [7, 11) is 0. The summed E-state index contributed by atoms with van der Waals surface area (Å²) in [5.41, 5.74) is 2.86. The van der Waals surface area contributed by atoms with Gasteiger partial charge in [-0.3, -0.25) is 0 Å². The molecule has 0 radical (unpaired) electrons. The molecule has 3 N–H and O–H groups in total. The third-order valence-corrected chi connectivity index (χ3v) is 1.20. The molecular weight excluding hydrogens is 207 g/mol. The second-order valence-electron chi connectivity index (χ2n) is 1.57. The average Bonchev–Trinajstić information content (AvgIpc) is 1.82. The van der Waals surface area contributed by atoms with Gasteiger partial charge in [0.1, 0.15) is 0 Å². The summed E-state index contributed by atoms with van der Waals surface area (Å²) in [6, 6.07) is 0. The molecule has 0 bridgehead atoms. The van der Waals surface area contributed by atoms with E-state index in [-0.39, 0.29) is 56.9 Å². The Hall–Kier alpha value is 1.67. The van der Waals surface area contributed by atoms with Crippen LogP contribution in [0.5, 0.6) is 0 Å². The van der Waals surface area contributed by atoms with Crippen molar-refractivity contribution in [2.45, 2.75) is 13.8 Å². The van der Waals surface area contributed by atoms with Gasteiger partial charge in [-0.25, -0.2) is 5.01 Å². The molecule has 0 amide bonds. The first-order valence-corrected chi connectivity index (χ1v) is 3.75. The molecule has 0 aliphatic rings. The fraction of sp³-hybridized carbons (Fsp3) is 0.800. The molecule has 3 nitrogen and oxygen atoms in total. The van der Waals surface area contributed by atoms with Gasteiger partial charge in [-0.05, 0) is 4.32 Å². The Kier molecular flexibility index (Phi) is 19.6. The zero-order valence-electron chi connectivity index (χ0n) is 7.18. The molecule has 0 atom stereocenters. The third-order valence-electron chi connectivity index (χ3n) is 1.01. The van der Waals surface area contributed by atoms with E-state index < -0.39 is 0 Å². The molecule has 62 valence electrons. The molecule has 0 aliphatic heterocycles. The minimum absolute atomic E-state index is 0. The van der Waals surface area contributed by atoms with Crippen LogP contribution in [0, 0.1) is 0 Å². The third kappa shape index (κ3) is 11.7. The van der Waals surface area contributed by atoms with Crippen molar-refractivity contribution in [1.82, 2.24) is 10.4 Å². The zero-order valence-corrected chi connectivity index (χ0v) is 11.9. The summed E-state index contributed by atoms with van der Waals surface area (Å²) < 4.78 is 0.415. The summed E-state index contributed by atoms with van der Waals surface area (Å²) >= 11 is 9.33. The van der Waals surface area contributed by atoms with Crippen molar-refractivity contribution in [3.63, 3.8) is 0 Å². The van der Waals surface area contributed by atoms with Gasteiger partial charge in [-0.15, -0.1) is 0 Å². The topological polar surface area (TPSA) is 46.8 Å². The molecule has 0 unspecified atom stereocenters. The Balaban J connectivity index is -0.000000320. The average molecular weight is 220 g/mol. The Bertz CT molecular complexity index is 100. The van der Waals surface area contributed by atoms with E-state index in [9.17, 15) is 0 Å². The Morgan fingerprint density at radius 3 is 1.91 bits per heavy atom. The van der Waals surface area contributed by atoms with Crippen LogP contribution in [0.15, 0.2) is 0 Å². The zero-order chi connectivity index (χ0) is 7.28. The molecular formula is C5H13KN2OS2. The molecule has 0 fully saturated rings. The maximum Gasteiger partial charge on any atom is 1.00 e. The number of rotatable bonds is 3. The Morgan fingerprint density at radius 2 is 1.82 bits per heavy atom. The molecule has 0 aliphatic carbocycles. The smallest absolute Gasteiger partial charge is 0.412 e. The van der Waals surface area contributed by atoms with Gasteiger partial charge >= 0.3 is 51.4 Å². The summed E-state index contributed by atoms with van der Waals surface area (Å²) in [5, 5.41) is 1.95. The maximum absolute atomic E-state index is 4.67. The standard InChI is InChI=1S/C5H12N2S2.K.H2O/c1-3-7(4-2)6-5(8)9;;/h3-4H2,1-2H3,(H2,6,8,9);;1H2/q;+1;/p-1. The molecule has 0 saturated carbocycles. The monoisotopic (exact) mass is 220 g/mol. The summed E-state index contributed by atoms with van der Waals surface area (Å²) in [6.45, 7) is 5.94. The molecule has 0 heterocycles. The summed E-state index contributed by atoms with van der Waals surface area (Å²) in [6.07, 6.45) is 0. The first-order chi connectivity index (χ1) is 4.20. The van der Waals surface area contributed by atoms with Gasteiger partial charge in [0.15, 0.2) is 0 Å². The molecule has 0 rings (SSSR count). The van der Waals surface area contributed by atoms with Crippen molar-refractivity contribution in [1.29, 1.82) is 0 Å². The van der Waals surface area contributed by atoms with Gasteiger partial charge in [0, 0.05) is 13.1 Å². The maximum atomic E-state index is 4.67. The van der Waals surface area contributed by atoms with E-state index in [1.165, 1.54) is 0 Å². The van der Waals surface area contributed by atoms with Gasteiger partial charge in [-0.2, -0.15) is 0 Å². The van der Waals surface area contributed by atoms with Crippen LogP contribution in [-0.4, -0.2) is 27.9 Å². The molecule has 0 aromatic heterocycles. The fourth-order valence-corrected chi connectivity index (χ4v) is 0.769. The number of thiocarbonyl (C=S) groups is 1. The van der Waals surface area contributed by atoms with Crippen LogP contribution >= 0.6 is 12.2 Å². The van der Waals surface area contributed by atoms with E-state index in [4.69, 9.17) is 0 Å². The number of nitrogens with zero attached hydrogens (tertiary/aromatic N) is 1. The first kappa shape index (κ1) is 18.5. The van der Waals surface area contributed by atoms with Crippen molar-refractivity contribution < 1.29 is 56.9 Å². The van der Waals surface area contributed by atoms with E-state index in [0.717, 1.165) is 13.1 Å². The Morgan fingerprint density at radius 1 is 1.45 bits per heavy atom. The van der Waals surface area contributed by atoms with Crippen LogP contribution in [0.4, 0.5) is 0 Å². The minimum atomic E-state index is 0. The van der Waals surface area contributed by atoms with E-state index >= 15 is 0 Å². The number of nitrogens with one attached hydrogen (secondary N) is 1. The number of hydrogen-bond acceptors (Lipinski definition) is 3. The normalized spacial score (nSPS) is 7.91. The summed E-state index contributed by atoms with van der Waals surface area (Å²) in [4.78, 5) is 0. The van der Waals surface area contributed by atoms with Crippen molar-refractivity contribution in [3.05, 3.63) is 0 Å². The van der Waals surface area contributed by atoms with Crippen LogP contribution in [0.1, 0.15) is 13.8 Å². The van der Waals surface area contributed by atoms with Crippen LogP contribution in [0.2, 0.25) is 0 Å². The first-order valence-electron chi connectivity index (χ1n) is 2.93. The van der Waals surface area contributed by atoms with E-state index in [1.807, 2.05) is 18.9 Å². The molecule has 11 heavy (non-hydrogen) atoms. The van der Waals surface area contributed by atoms with E-state index in [1.54, 1.807) is 0 Å². The van der Waals surface area contributed by atoms with Gasteiger partial charge < -0.3 is 35.7 Å². The molecule has 0 saturated heterocycles. The van der Waals surface area contributed by atoms with Gasteiger partial charge in [0.05, 0.1) is 0 Å². The van der Waals surface area contributed by atoms with E-state index in [2.05, 4.69) is 30.3 Å². The SMILES string of the molecule is CCN(CC)NC(=S)[S-].O.[K+]. The molecule has 0 spiro atoms. The van der Waals surface area contributed by atoms with Gasteiger partial charge in [0.25, 0.3) is 0 Å². The quantitative estimate of drug-likeness (QED) is 0.236. The second-order valence-corrected chi connectivity index (χ2v) is 2.65. The van der Waals surface area contributed by atoms with Crippen LogP contribution in [0.3, 0.4) is 0 Å². The molecule has 6 heteroatoms. The predicted octanol–water partition coefficient (Wildman–Crippen LogP) is -3.16. The van der Waals surface area contributed by atoms with E-state index in [0.29, 0.717) is 4.32 Å². The Labute approximate surface area is 121 Å². The van der Waals surface area contributed by atoms with Gasteiger partial charge in [-0.1, -0.05) is 13.8 Å². The van der Waals surface area contributed by atoms with Crippen molar-refractivity contribution in [2.24, 2.45) is 0 Å². The number of hydrazine groups is 1. The molecule has 0 aromatic carbocycles.